The van der Waals surface area contributed by atoms with Crippen molar-refractivity contribution in [3.05, 3.63) is 0 Å². The van der Waals surface area contributed by atoms with Crippen LogP contribution in [0.2, 0.25) is 0 Å². The topological polar surface area (TPSA) is 81.4 Å². The summed E-state index contributed by atoms with van der Waals surface area (Å²) in [5.41, 5.74) is 4.47. The van der Waals surface area contributed by atoms with Gasteiger partial charge in [0.2, 0.25) is 5.91 Å². The normalized spacial score (nSPS) is 13.3. The Balaban J connectivity index is 3.85. The Morgan fingerprint density at radius 3 is 2.33 bits per heavy atom. The Kier molecular flexibility index (Phi) is 5.28. The van der Waals surface area contributed by atoms with Crippen LogP contribution < -0.4 is 11.1 Å². The molecule has 1 amide bonds. The van der Waals surface area contributed by atoms with Gasteiger partial charge in [-0.15, -0.1) is 0 Å². The summed E-state index contributed by atoms with van der Waals surface area (Å²) in [5, 5.41) is 2.86. The SMILES string of the molecule is CC(NCCC(N)=O)C(=O)OC(C)(C)C. The van der Waals surface area contributed by atoms with Crippen molar-refractivity contribution in [2.45, 2.75) is 45.8 Å². The van der Waals surface area contributed by atoms with Gasteiger partial charge in [0.1, 0.15) is 11.6 Å². The molecule has 0 aromatic carbocycles. The van der Waals surface area contributed by atoms with Crippen molar-refractivity contribution in [2.75, 3.05) is 6.54 Å². The predicted octanol–water partition coefficient (Wildman–Crippen LogP) is 0.182. The second-order valence-corrected chi connectivity index (χ2v) is 4.43. The largest absolute Gasteiger partial charge is 0.459 e. The van der Waals surface area contributed by atoms with Gasteiger partial charge in [-0.25, -0.2) is 0 Å². The number of carbonyl (C=O) groups is 2. The number of rotatable bonds is 5. The number of ether oxygens (including phenoxy) is 1. The van der Waals surface area contributed by atoms with Gasteiger partial charge in [-0.05, 0) is 27.7 Å². The van der Waals surface area contributed by atoms with Gasteiger partial charge < -0.3 is 15.8 Å². The third-order valence-electron chi connectivity index (χ3n) is 1.58. The van der Waals surface area contributed by atoms with Crippen LogP contribution in [0.15, 0.2) is 0 Å². The molecule has 0 aromatic heterocycles. The molecule has 0 saturated heterocycles. The average molecular weight is 216 g/mol. The third-order valence-corrected chi connectivity index (χ3v) is 1.58. The van der Waals surface area contributed by atoms with Gasteiger partial charge in [0.05, 0.1) is 0 Å². The monoisotopic (exact) mass is 216 g/mol. The van der Waals surface area contributed by atoms with E-state index in [2.05, 4.69) is 5.32 Å². The number of hydrogen-bond donors (Lipinski definition) is 2. The fourth-order valence-electron chi connectivity index (χ4n) is 0.885. The number of carbonyl (C=O) groups excluding carboxylic acids is 2. The molecule has 1 atom stereocenters. The minimum absolute atomic E-state index is 0.215. The molecular weight excluding hydrogens is 196 g/mol. The average Bonchev–Trinajstić information content (AvgIpc) is 1.99. The van der Waals surface area contributed by atoms with E-state index >= 15 is 0 Å². The molecule has 15 heavy (non-hydrogen) atoms. The zero-order valence-electron chi connectivity index (χ0n) is 9.79. The Morgan fingerprint density at radius 2 is 1.93 bits per heavy atom. The summed E-state index contributed by atoms with van der Waals surface area (Å²) in [7, 11) is 0. The van der Waals surface area contributed by atoms with Crippen molar-refractivity contribution in [2.24, 2.45) is 5.73 Å². The van der Waals surface area contributed by atoms with Gasteiger partial charge in [0.15, 0.2) is 0 Å². The maximum absolute atomic E-state index is 11.4. The molecule has 0 bridgehead atoms. The van der Waals surface area contributed by atoms with Crippen LogP contribution in [0.25, 0.3) is 0 Å². The number of hydrogen-bond acceptors (Lipinski definition) is 4. The molecule has 5 nitrogen and oxygen atoms in total. The van der Waals surface area contributed by atoms with Crippen LogP contribution >= 0.6 is 0 Å². The summed E-state index contributed by atoms with van der Waals surface area (Å²) in [6.07, 6.45) is 0.215. The highest BCUT2D eigenvalue weighted by Crippen LogP contribution is 2.08. The van der Waals surface area contributed by atoms with Crippen LogP contribution in [0.1, 0.15) is 34.1 Å². The molecule has 88 valence electrons. The first kappa shape index (κ1) is 13.9. The molecular formula is C10H20N2O3. The smallest absolute Gasteiger partial charge is 0.323 e. The Hall–Kier alpha value is -1.10. The molecule has 0 aliphatic carbocycles. The van der Waals surface area contributed by atoms with E-state index in [0.29, 0.717) is 6.54 Å². The second-order valence-electron chi connectivity index (χ2n) is 4.43. The van der Waals surface area contributed by atoms with Crippen molar-refractivity contribution in [1.29, 1.82) is 0 Å². The Labute approximate surface area is 90.4 Å². The van der Waals surface area contributed by atoms with Crippen LogP contribution in [0, 0.1) is 0 Å². The highest BCUT2D eigenvalue weighted by atomic mass is 16.6. The van der Waals surface area contributed by atoms with E-state index in [9.17, 15) is 9.59 Å². The van der Waals surface area contributed by atoms with Crippen LogP contribution in [-0.4, -0.2) is 30.1 Å². The highest BCUT2D eigenvalue weighted by molar-refractivity contribution is 5.76. The van der Waals surface area contributed by atoms with Crippen molar-refractivity contribution in [3.8, 4) is 0 Å². The second kappa shape index (κ2) is 5.70. The minimum Gasteiger partial charge on any atom is -0.459 e. The Morgan fingerprint density at radius 1 is 1.40 bits per heavy atom. The molecule has 0 aliphatic rings. The molecule has 3 N–H and O–H groups in total. The summed E-state index contributed by atoms with van der Waals surface area (Å²) < 4.78 is 5.14. The van der Waals surface area contributed by atoms with Gasteiger partial charge in [-0.1, -0.05) is 0 Å². The molecule has 0 fully saturated rings. The van der Waals surface area contributed by atoms with Crippen molar-refractivity contribution in [3.63, 3.8) is 0 Å². The lowest BCUT2D eigenvalue weighted by molar-refractivity contribution is -0.157. The van der Waals surface area contributed by atoms with E-state index in [1.165, 1.54) is 0 Å². The van der Waals surface area contributed by atoms with Crippen molar-refractivity contribution < 1.29 is 14.3 Å². The fourth-order valence-corrected chi connectivity index (χ4v) is 0.885. The summed E-state index contributed by atoms with van der Waals surface area (Å²) >= 11 is 0. The number of esters is 1. The van der Waals surface area contributed by atoms with Crippen molar-refractivity contribution >= 4 is 11.9 Å². The predicted molar refractivity (Wildman–Crippen MR) is 57.1 cm³/mol. The van der Waals surface area contributed by atoms with Gasteiger partial charge >= 0.3 is 5.97 Å². The van der Waals surface area contributed by atoms with Gasteiger partial charge in [0.25, 0.3) is 0 Å². The number of nitrogens with two attached hydrogens (primary N) is 1. The van der Waals surface area contributed by atoms with Gasteiger partial charge in [-0.2, -0.15) is 0 Å². The molecule has 0 rings (SSSR count). The Bertz CT molecular complexity index is 233. The van der Waals surface area contributed by atoms with Crippen LogP contribution in [0.4, 0.5) is 0 Å². The lowest BCUT2D eigenvalue weighted by atomic mass is 10.2. The van der Waals surface area contributed by atoms with E-state index in [-0.39, 0.29) is 18.3 Å². The molecule has 0 aliphatic heterocycles. The summed E-state index contributed by atoms with van der Waals surface area (Å²) in [6.45, 7) is 7.49. The summed E-state index contributed by atoms with van der Waals surface area (Å²) in [5.74, 6) is -0.717. The van der Waals surface area contributed by atoms with Crippen LogP contribution in [-0.2, 0) is 14.3 Å². The number of amides is 1. The lowest BCUT2D eigenvalue weighted by Crippen LogP contribution is -2.40. The first-order valence-electron chi connectivity index (χ1n) is 4.97. The quantitative estimate of drug-likeness (QED) is 0.642. The first-order chi connectivity index (χ1) is 6.72. The van der Waals surface area contributed by atoms with E-state index in [0.717, 1.165) is 0 Å². The maximum Gasteiger partial charge on any atom is 0.323 e. The van der Waals surface area contributed by atoms with E-state index in [1.807, 2.05) is 0 Å². The molecule has 0 aromatic rings. The zero-order chi connectivity index (χ0) is 12.1. The van der Waals surface area contributed by atoms with E-state index < -0.39 is 11.6 Å². The van der Waals surface area contributed by atoms with Gasteiger partial charge in [-0.3, -0.25) is 9.59 Å². The first-order valence-corrected chi connectivity index (χ1v) is 4.97. The van der Waals surface area contributed by atoms with E-state index in [4.69, 9.17) is 10.5 Å². The molecule has 0 spiro atoms. The third kappa shape index (κ3) is 7.93. The van der Waals surface area contributed by atoms with Crippen molar-refractivity contribution in [1.82, 2.24) is 5.32 Å². The van der Waals surface area contributed by atoms with Crippen LogP contribution in [0.3, 0.4) is 0 Å². The number of nitrogens with one attached hydrogen (secondary N) is 1. The fraction of sp³-hybridized carbons (Fsp3) is 0.800. The molecule has 0 radical (unpaired) electrons. The molecule has 0 saturated carbocycles. The summed E-state index contributed by atoms with van der Waals surface area (Å²) in [4.78, 5) is 21.9. The standard InChI is InChI=1S/C10H20N2O3/c1-7(12-6-5-8(11)13)9(14)15-10(2,3)4/h7,12H,5-6H2,1-4H3,(H2,11,13). The minimum atomic E-state index is -0.489. The molecule has 1 unspecified atom stereocenters. The van der Waals surface area contributed by atoms with Crippen LogP contribution in [0.5, 0.6) is 0 Å². The molecule has 5 heteroatoms. The maximum atomic E-state index is 11.4. The van der Waals surface area contributed by atoms with E-state index in [1.54, 1.807) is 27.7 Å². The lowest BCUT2D eigenvalue weighted by Gasteiger charge is -2.22. The molecule has 0 heterocycles. The summed E-state index contributed by atoms with van der Waals surface area (Å²) in [6, 6.07) is -0.427. The zero-order valence-corrected chi connectivity index (χ0v) is 9.79. The van der Waals surface area contributed by atoms with Gasteiger partial charge in [0, 0.05) is 13.0 Å². The number of primary amides is 1. The highest BCUT2D eigenvalue weighted by Gasteiger charge is 2.20.